The molecule has 0 saturated heterocycles. The molecule has 240 valence electrons. The molecule has 3 aromatic rings. The van der Waals surface area contributed by atoms with Crippen molar-refractivity contribution in [3.8, 4) is 0 Å². The summed E-state index contributed by atoms with van der Waals surface area (Å²) in [5.41, 5.74) is -2.36. The third-order valence-corrected chi connectivity index (χ3v) is 8.10. The Morgan fingerprint density at radius 2 is 1.60 bits per heavy atom. The van der Waals surface area contributed by atoms with Crippen molar-refractivity contribution in [1.29, 1.82) is 0 Å². The number of carbonyl (C=O) groups excluding carboxylic acids is 3. The summed E-state index contributed by atoms with van der Waals surface area (Å²) in [6, 6.07) is 9.48. The molecule has 0 aromatic heterocycles. The number of hydrogen-bond acceptors (Lipinski definition) is 4. The van der Waals surface area contributed by atoms with Crippen molar-refractivity contribution in [3.05, 3.63) is 99.1 Å². The number of ketones is 2. The molecule has 5 nitrogen and oxygen atoms in total. The lowest BCUT2D eigenvalue weighted by atomic mass is 9.98. The van der Waals surface area contributed by atoms with E-state index in [9.17, 15) is 45.1 Å². The molecule has 1 saturated carbocycles. The lowest BCUT2D eigenvalue weighted by Crippen LogP contribution is -2.21. The Morgan fingerprint density at radius 1 is 0.911 bits per heavy atom. The summed E-state index contributed by atoms with van der Waals surface area (Å²) < 4.78 is 107. The molecule has 16 heteroatoms. The topological polar surface area (TPSA) is 72.5 Å². The van der Waals surface area contributed by atoms with E-state index in [0.717, 1.165) is 36.4 Å². The van der Waals surface area contributed by atoms with Crippen LogP contribution in [0, 0.1) is 17.6 Å². The van der Waals surface area contributed by atoms with Crippen LogP contribution in [0.2, 0.25) is 5.02 Å². The van der Waals surface area contributed by atoms with E-state index in [1.54, 1.807) is 0 Å². The maximum atomic E-state index is 15.0. The Bertz CT molecular complexity index is 1660. The number of Topliss-reactive ketones (excluding diaryl/α,β-unsaturated/α-hetero) is 2. The Morgan fingerprint density at radius 3 is 2.24 bits per heavy atom. The zero-order chi connectivity index (χ0) is 33.5. The fourth-order valence-corrected chi connectivity index (χ4v) is 5.69. The molecule has 1 amide bonds. The normalized spacial score (nSPS) is 17.6. The fraction of sp³-hybridized carbons (Fsp3) is 0.276. The monoisotopic (exact) mass is 701 g/mol. The van der Waals surface area contributed by atoms with Gasteiger partial charge in [0.2, 0.25) is 5.91 Å². The number of anilines is 1. The number of amides is 1. The van der Waals surface area contributed by atoms with Gasteiger partial charge in [0.1, 0.15) is 22.6 Å². The molecule has 1 aliphatic carbocycles. The predicted octanol–water partition coefficient (Wildman–Crippen LogP) is 8.24. The Balaban J connectivity index is 1.48. The summed E-state index contributed by atoms with van der Waals surface area (Å²) in [7, 11) is 0. The maximum Gasteiger partial charge on any atom is 0.522 e. The summed E-state index contributed by atoms with van der Waals surface area (Å²) in [6.45, 7) is -1.48. The molecule has 45 heavy (non-hydrogen) atoms. The molecule has 1 aliphatic rings. The first-order valence-corrected chi connectivity index (χ1v) is 13.8. The van der Waals surface area contributed by atoms with Crippen LogP contribution in [0.25, 0.3) is 0 Å². The Hall–Kier alpha value is -3.26. The largest absolute Gasteiger partial charge is 0.522 e. The minimum absolute atomic E-state index is 0.00195. The number of hydrogen-bond donors (Lipinski definition) is 1. The van der Waals surface area contributed by atoms with Crippen LogP contribution >= 0.6 is 34.8 Å². The van der Waals surface area contributed by atoms with E-state index in [-0.39, 0.29) is 21.8 Å². The average molecular weight is 703 g/mol. The zero-order valence-corrected chi connectivity index (χ0v) is 24.5. The van der Waals surface area contributed by atoms with Crippen molar-refractivity contribution >= 4 is 58.0 Å². The standard InChI is InChI=1S/C29H18Cl3F8NO4/c30-20-6-5-16(41-26(44)24-23(27(24,31)32)13-2-1-3-15(8-13)28(35,36)37)10-18(20)22(43)9-14-4-7-21(33)19(25(14)34)11-17(42)12-45-29(38,39)40/h1-8,10,23-24H,9,11-12H2,(H,41,44)/t23-,24+/m0/s1. The van der Waals surface area contributed by atoms with Gasteiger partial charge in [-0.3, -0.25) is 19.1 Å². The second kappa shape index (κ2) is 12.9. The molecule has 0 aliphatic heterocycles. The van der Waals surface area contributed by atoms with Crippen molar-refractivity contribution in [2.24, 2.45) is 5.92 Å². The van der Waals surface area contributed by atoms with Gasteiger partial charge in [-0.15, -0.1) is 36.4 Å². The van der Waals surface area contributed by atoms with Crippen molar-refractivity contribution in [1.82, 2.24) is 0 Å². The van der Waals surface area contributed by atoms with Crippen molar-refractivity contribution in [2.75, 3.05) is 11.9 Å². The van der Waals surface area contributed by atoms with Crippen molar-refractivity contribution in [3.63, 3.8) is 0 Å². The maximum absolute atomic E-state index is 15.0. The van der Waals surface area contributed by atoms with Crippen LogP contribution < -0.4 is 5.32 Å². The van der Waals surface area contributed by atoms with Gasteiger partial charge in [-0.25, -0.2) is 8.78 Å². The van der Waals surface area contributed by atoms with Crippen LogP contribution in [0.5, 0.6) is 0 Å². The van der Waals surface area contributed by atoms with Crippen LogP contribution in [0.3, 0.4) is 0 Å². The van der Waals surface area contributed by atoms with Gasteiger partial charge in [0.05, 0.1) is 16.5 Å². The predicted molar refractivity (Wildman–Crippen MR) is 147 cm³/mol. The minimum atomic E-state index is -5.13. The van der Waals surface area contributed by atoms with Gasteiger partial charge in [0, 0.05) is 35.6 Å². The van der Waals surface area contributed by atoms with Gasteiger partial charge in [0.25, 0.3) is 0 Å². The van der Waals surface area contributed by atoms with Crippen LogP contribution in [-0.2, 0) is 33.3 Å². The quantitative estimate of drug-likeness (QED) is 0.131. The molecule has 2 atom stereocenters. The molecular weight excluding hydrogens is 685 g/mol. The molecular formula is C29H18Cl3F8NO4. The van der Waals surface area contributed by atoms with Crippen molar-refractivity contribution in [2.45, 2.75) is 35.6 Å². The zero-order valence-electron chi connectivity index (χ0n) is 22.3. The smallest absolute Gasteiger partial charge is 0.326 e. The van der Waals surface area contributed by atoms with Gasteiger partial charge in [-0.05, 0) is 41.5 Å². The van der Waals surface area contributed by atoms with Crippen LogP contribution in [0.1, 0.15) is 38.5 Å². The molecule has 0 spiro atoms. The first-order valence-electron chi connectivity index (χ1n) is 12.7. The summed E-state index contributed by atoms with van der Waals surface area (Å²) in [5, 5.41) is 2.34. The number of alkyl halides is 8. The van der Waals surface area contributed by atoms with E-state index >= 15 is 4.39 Å². The lowest BCUT2D eigenvalue weighted by molar-refractivity contribution is -0.320. The van der Waals surface area contributed by atoms with E-state index in [0.29, 0.717) is 0 Å². The van der Waals surface area contributed by atoms with E-state index < -0.39 is 94.0 Å². The summed E-state index contributed by atoms with van der Waals surface area (Å²) in [4.78, 5) is 37.9. The SMILES string of the molecule is O=C(COC(F)(F)F)Cc1c(F)ccc(CC(=O)c2cc(NC(=O)[C@H]3[C@H](c4cccc(C(F)(F)F)c4)C3(Cl)Cl)ccc2Cl)c1F. The van der Waals surface area contributed by atoms with E-state index in [1.165, 1.54) is 18.2 Å². The Kier molecular flexibility index (Phi) is 9.89. The third-order valence-electron chi connectivity index (χ3n) is 6.83. The number of ether oxygens (including phenoxy) is 1. The second-order valence-electron chi connectivity index (χ2n) is 9.99. The summed E-state index contributed by atoms with van der Waals surface area (Å²) >= 11 is 18.6. The molecule has 0 radical (unpaired) electrons. The number of rotatable bonds is 10. The first kappa shape index (κ1) is 34.6. The number of halogens is 11. The van der Waals surface area contributed by atoms with Crippen LogP contribution in [0.4, 0.5) is 40.8 Å². The van der Waals surface area contributed by atoms with Gasteiger partial charge in [-0.2, -0.15) is 13.2 Å². The second-order valence-corrected chi connectivity index (χ2v) is 11.8. The number of benzene rings is 3. The lowest BCUT2D eigenvalue weighted by Gasteiger charge is -2.12. The van der Waals surface area contributed by atoms with E-state index in [2.05, 4.69) is 10.1 Å². The third kappa shape index (κ3) is 8.13. The van der Waals surface area contributed by atoms with E-state index in [4.69, 9.17) is 34.8 Å². The molecule has 0 bridgehead atoms. The minimum Gasteiger partial charge on any atom is -0.326 e. The van der Waals surface area contributed by atoms with Crippen LogP contribution in [-0.4, -0.2) is 34.8 Å². The first-order chi connectivity index (χ1) is 20.8. The highest BCUT2D eigenvalue weighted by Crippen LogP contribution is 2.65. The van der Waals surface area contributed by atoms with Gasteiger partial charge in [-0.1, -0.05) is 35.9 Å². The molecule has 0 heterocycles. The Labute approximate surface area is 264 Å². The van der Waals surface area contributed by atoms with Gasteiger partial charge < -0.3 is 5.32 Å². The van der Waals surface area contributed by atoms with E-state index in [1.807, 2.05) is 0 Å². The highest BCUT2D eigenvalue weighted by Gasteiger charge is 2.67. The van der Waals surface area contributed by atoms with Gasteiger partial charge >= 0.3 is 12.5 Å². The van der Waals surface area contributed by atoms with Crippen LogP contribution in [0.15, 0.2) is 54.6 Å². The summed E-state index contributed by atoms with van der Waals surface area (Å²) in [5.74, 6) is -7.60. The fourth-order valence-electron chi connectivity index (χ4n) is 4.64. The molecule has 1 fully saturated rings. The average Bonchev–Trinajstić information content (AvgIpc) is 3.53. The molecule has 4 rings (SSSR count). The van der Waals surface area contributed by atoms with Gasteiger partial charge in [0.15, 0.2) is 11.6 Å². The highest BCUT2D eigenvalue weighted by atomic mass is 35.5. The summed E-state index contributed by atoms with van der Waals surface area (Å²) in [6.07, 6.45) is -11.6. The molecule has 0 unspecified atom stereocenters. The molecule has 1 N–H and O–H groups in total. The highest BCUT2D eigenvalue weighted by molar-refractivity contribution is 6.53. The number of nitrogens with one attached hydrogen (secondary N) is 1. The van der Waals surface area contributed by atoms with Crippen molar-refractivity contribution < 1.29 is 54.2 Å². The molecule has 3 aromatic carbocycles. The number of carbonyl (C=O) groups is 3.